The molecule has 1 heterocycles. The van der Waals surface area contributed by atoms with E-state index in [4.69, 9.17) is 9.84 Å². The van der Waals surface area contributed by atoms with Crippen molar-refractivity contribution in [3.8, 4) is 0 Å². The van der Waals surface area contributed by atoms with Crippen LogP contribution in [0.5, 0.6) is 0 Å². The number of thiol groups is 1. The van der Waals surface area contributed by atoms with Gasteiger partial charge in [-0.05, 0) is 31.6 Å². The first-order chi connectivity index (χ1) is 8.28. The van der Waals surface area contributed by atoms with Gasteiger partial charge in [0, 0.05) is 0 Å². The van der Waals surface area contributed by atoms with Crippen LogP contribution in [-0.4, -0.2) is 28.1 Å². The minimum atomic E-state index is -0.938. The highest BCUT2D eigenvalue weighted by atomic mass is 32.2. The number of ether oxygens (including phenoxy) is 1. The van der Waals surface area contributed by atoms with Crippen molar-refractivity contribution in [1.29, 1.82) is 0 Å². The van der Waals surface area contributed by atoms with Crippen molar-refractivity contribution < 1.29 is 19.4 Å². The Hall–Kier alpha value is -1.43. The smallest absolute Gasteiger partial charge is 0.408 e. The van der Waals surface area contributed by atoms with E-state index in [1.54, 1.807) is 20.8 Å². The lowest BCUT2D eigenvalue weighted by Crippen LogP contribution is -2.39. The number of hydrogen-bond acceptors (Lipinski definition) is 3. The predicted octanol–water partition coefficient (Wildman–Crippen LogP) is 2.35. The number of amides is 1. The van der Waals surface area contributed by atoms with Crippen molar-refractivity contribution in [3.63, 3.8) is 0 Å². The van der Waals surface area contributed by atoms with Crippen LogP contribution in [0, 0.1) is 0 Å². The van der Waals surface area contributed by atoms with Crippen molar-refractivity contribution in [3.05, 3.63) is 23.0 Å². The largest absolute Gasteiger partial charge is 0.481 e. The highest BCUT2D eigenvalue weighted by Gasteiger charge is 2.24. The van der Waals surface area contributed by atoms with Crippen LogP contribution in [0.25, 0.3) is 0 Å². The van der Waals surface area contributed by atoms with E-state index in [1.165, 1.54) is 0 Å². The summed E-state index contributed by atoms with van der Waals surface area (Å²) in [5.74, 6) is -0.938. The first kappa shape index (κ1) is 14.6. The second kappa shape index (κ2) is 5.95. The number of carbonyl (C=O) groups is 2. The topological polar surface area (TPSA) is 75.6 Å². The van der Waals surface area contributed by atoms with Crippen LogP contribution in [-0.2, 0) is 9.53 Å². The van der Waals surface area contributed by atoms with Gasteiger partial charge in [0.05, 0.1) is 11.8 Å². The fourth-order valence-electron chi connectivity index (χ4n) is 1.40. The summed E-state index contributed by atoms with van der Waals surface area (Å²) in [6.07, 6.45) is 3.03. The predicted molar refractivity (Wildman–Crippen MR) is 72.7 cm³/mol. The molecule has 0 aromatic heterocycles. The maximum Gasteiger partial charge on any atom is 0.408 e. The van der Waals surface area contributed by atoms with E-state index in [2.05, 4.69) is 5.32 Å². The lowest BCUT2D eigenvalue weighted by Gasteiger charge is -2.26. The van der Waals surface area contributed by atoms with Crippen molar-refractivity contribution >= 4 is 23.0 Å². The van der Waals surface area contributed by atoms with Gasteiger partial charge in [-0.3, -0.25) is 4.79 Å². The molecule has 1 aliphatic heterocycles. The molecule has 0 saturated carbocycles. The molecule has 0 aromatic rings. The molecule has 18 heavy (non-hydrogen) atoms. The number of nitrogens with one attached hydrogen (secondary N) is 1. The fraction of sp³-hybridized carbons (Fsp3) is 0.500. The van der Waals surface area contributed by atoms with E-state index >= 15 is 0 Å². The summed E-state index contributed by atoms with van der Waals surface area (Å²) in [6.45, 7) is 5.29. The molecule has 6 heteroatoms. The third-order valence-electron chi connectivity index (χ3n) is 2.04. The van der Waals surface area contributed by atoms with E-state index in [0.717, 1.165) is 0 Å². The van der Waals surface area contributed by atoms with Gasteiger partial charge in [0.25, 0.3) is 0 Å². The zero-order valence-corrected chi connectivity index (χ0v) is 11.6. The first-order valence-corrected chi connectivity index (χ1v) is 7.16. The van der Waals surface area contributed by atoms with Gasteiger partial charge in [-0.1, -0.05) is 12.2 Å². The van der Waals surface area contributed by atoms with Gasteiger partial charge >= 0.3 is 12.1 Å². The first-order valence-electron chi connectivity index (χ1n) is 5.62. The van der Waals surface area contributed by atoms with Crippen molar-refractivity contribution in [2.75, 3.05) is 0 Å². The normalized spacial score (nSPS) is 17.6. The SMILES string of the molecule is CC(C)(C)OC(=O)NC(CC(=O)O)[SH]1C=CC=C1. The second-order valence-electron chi connectivity index (χ2n) is 4.89. The summed E-state index contributed by atoms with van der Waals surface area (Å²) in [4.78, 5) is 22.4. The summed E-state index contributed by atoms with van der Waals surface area (Å²) in [5.41, 5.74) is -0.591. The average Bonchev–Trinajstić information content (AvgIpc) is 2.64. The molecule has 102 valence electrons. The Balaban J connectivity index is 2.61. The summed E-state index contributed by atoms with van der Waals surface area (Å²) < 4.78 is 5.13. The molecule has 1 aliphatic rings. The Bertz CT molecular complexity index is 372. The van der Waals surface area contributed by atoms with Crippen LogP contribution < -0.4 is 5.32 Å². The monoisotopic (exact) mass is 273 g/mol. The van der Waals surface area contributed by atoms with E-state index in [0.29, 0.717) is 0 Å². The van der Waals surface area contributed by atoms with Crippen molar-refractivity contribution in [2.24, 2.45) is 0 Å². The van der Waals surface area contributed by atoms with E-state index in [9.17, 15) is 9.59 Å². The summed E-state index contributed by atoms with van der Waals surface area (Å²) in [5, 5.41) is 14.9. The molecular weight excluding hydrogens is 254 g/mol. The number of allylic oxidation sites excluding steroid dienone is 2. The van der Waals surface area contributed by atoms with Crippen LogP contribution in [0.2, 0.25) is 0 Å². The fourth-order valence-corrected chi connectivity index (χ4v) is 3.13. The van der Waals surface area contributed by atoms with E-state index in [1.807, 2.05) is 23.0 Å². The van der Waals surface area contributed by atoms with Gasteiger partial charge < -0.3 is 15.2 Å². The van der Waals surface area contributed by atoms with E-state index in [-0.39, 0.29) is 6.42 Å². The Morgan fingerprint density at radius 3 is 2.33 bits per heavy atom. The quantitative estimate of drug-likeness (QED) is 0.687. The van der Waals surface area contributed by atoms with Gasteiger partial charge in [-0.15, -0.1) is 0 Å². The maximum atomic E-state index is 11.6. The van der Waals surface area contributed by atoms with Gasteiger partial charge in [0.15, 0.2) is 0 Å². The zero-order chi connectivity index (χ0) is 13.8. The Labute approximate surface area is 109 Å². The van der Waals surface area contributed by atoms with Crippen LogP contribution in [0.1, 0.15) is 27.2 Å². The molecule has 1 amide bonds. The molecule has 0 bridgehead atoms. The molecule has 0 radical (unpaired) electrons. The standard InChI is InChI=1S/C12H19NO4S/c1-12(2,3)17-11(16)13-9(8-10(14)15)18-6-4-5-7-18/h4-7,9,18H,8H2,1-3H3,(H,13,16)(H,14,15). The van der Waals surface area contributed by atoms with Gasteiger partial charge in [0.2, 0.25) is 0 Å². The molecule has 2 N–H and O–H groups in total. The molecule has 0 aliphatic carbocycles. The highest BCUT2D eigenvalue weighted by Crippen LogP contribution is 2.38. The van der Waals surface area contributed by atoms with Gasteiger partial charge in [0.1, 0.15) is 5.60 Å². The molecule has 0 fully saturated rings. The maximum absolute atomic E-state index is 11.6. The Morgan fingerprint density at radius 1 is 1.33 bits per heavy atom. The zero-order valence-electron chi connectivity index (χ0n) is 10.7. The number of carboxylic acids is 1. The minimum Gasteiger partial charge on any atom is -0.481 e. The minimum absolute atomic E-state index is 0.111. The summed E-state index contributed by atoms with van der Waals surface area (Å²) in [7, 11) is -0.769. The van der Waals surface area contributed by atoms with Crippen LogP contribution in [0.4, 0.5) is 4.79 Å². The average molecular weight is 273 g/mol. The number of rotatable bonds is 4. The third kappa shape index (κ3) is 5.27. The Kier molecular flexibility index (Phi) is 4.84. The molecule has 1 unspecified atom stereocenters. The van der Waals surface area contributed by atoms with Crippen LogP contribution in [0.3, 0.4) is 0 Å². The molecule has 1 rings (SSSR count). The highest BCUT2D eigenvalue weighted by molar-refractivity contribution is 8.22. The molecule has 0 spiro atoms. The summed E-state index contributed by atoms with van der Waals surface area (Å²) in [6, 6.07) is 0. The van der Waals surface area contributed by atoms with Crippen molar-refractivity contribution in [1.82, 2.24) is 5.32 Å². The molecular formula is C12H19NO4S. The van der Waals surface area contributed by atoms with Gasteiger partial charge in [-0.2, -0.15) is 10.9 Å². The third-order valence-corrected chi connectivity index (χ3v) is 4.10. The number of hydrogen-bond donors (Lipinski definition) is 3. The number of carbonyl (C=O) groups excluding carboxylic acids is 1. The van der Waals surface area contributed by atoms with E-state index < -0.39 is 33.9 Å². The molecule has 0 aromatic carbocycles. The number of alkyl carbamates (subject to hydrolysis) is 1. The van der Waals surface area contributed by atoms with Crippen molar-refractivity contribution in [2.45, 2.75) is 38.2 Å². The van der Waals surface area contributed by atoms with Gasteiger partial charge in [-0.25, -0.2) is 4.79 Å². The Morgan fingerprint density at radius 2 is 1.89 bits per heavy atom. The number of carboxylic acid groups (broad SMARTS) is 1. The molecule has 0 saturated heterocycles. The van der Waals surface area contributed by atoms with Crippen LogP contribution >= 0.6 is 10.9 Å². The molecule has 1 atom stereocenters. The van der Waals surface area contributed by atoms with Crippen LogP contribution in [0.15, 0.2) is 23.0 Å². The lowest BCUT2D eigenvalue weighted by molar-refractivity contribution is -0.137. The lowest BCUT2D eigenvalue weighted by atomic mass is 10.2. The molecule has 5 nitrogen and oxygen atoms in total. The number of aliphatic carboxylic acids is 1. The second-order valence-corrected chi connectivity index (χ2v) is 7.00. The summed E-state index contributed by atoms with van der Waals surface area (Å²) >= 11 is 0.